The number of carboxylic acid groups (broad SMARTS) is 1. The number of carbonyl (C=O) groups is 3. The number of ether oxygens (including phenoxy) is 4. The molecule has 4 aliphatic heterocycles. The predicted molar refractivity (Wildman–Crippen MR) is 141 cm³/mol. The summed E-state index contributed by atoms with van der Waals surface area (Å²) in [6.45, 7) is 3.50. The number of rotatable bonds is 7. The fraction of sp³-hybridized carbons (Fsp3) is 0.607. The highest BCUT2D eigenvalue weighted by atomic mass is 16.7. The zero-order chi connectivity index (χ0) is 29.6. The van der Waals surface area contributed by atoms with E-state index in [-0.39, 0.29) is 29.5 Å². The molecule has 0 unspecified atom stereocenters. The van der Waals surface area contributed by atoms with Gasteiger partial charge >= 0.3 is 11.9 Å². The summed E-state index contributed by atoms with van der Waals surface area (Å²) < 4.78 is 21.2. The van der Waals surface area contributed by atoms with Gasteiger partial charge in [0.25, 0.3) is 0 Å². The first-order chi connectivity index (χ1) is 19.6. The minimum absolute atomic E-state index is 0.163. The lowest BCUT2D eigenvalue weighted by Gasteiger charge is -2.45. The van der Waals surface area contributed by atoms with E-state index in [0.717, 1.165) is 12.0 Å². The molecule has 0 aliphatic carbocycles. The first-order valence-corrected chi connectivity index (χ1v) is 13.7. The van der Waals surface area contributed by atoms with E-state index in [4.69, 9.17) is 18.9 Å². The van der Waals surface area contributed by atoms with Crippen molar-refractivity contribution in [3.05, 3.63) is 35.6 Å². The predicted octanol–water partition coefficient (Wildman–Crippen LogP) is -0.0288. The summed E-state index contributed by atoms with van der Waals surface area (Å²) in [5, 5.41) is 42.6. The van der Waals surface area contributed by atoms with Gasteiger partial charge in [-0.15, -0.1) is 0 Å². The number of esters is 1. The molecule has 4 aliphatic rings. The number of piperidine rings is 1. The highest BCUT2D eigenvalue weighted by molar-refractivity contribution is 6.07. The van der Waals surface area contributed by atoms with Gasteiger partial charge in [-0.25, -0.2) is 9.59 Å². The average Bonchev–Trinajstić information content (AvgIpc) is 3.47. The Morgan fingerprint density at radius 1 is 1.20 bits per heavy atom. The van der Waals surface area contributed by atoms with Crippen LogP contribution in [0.2, 0.25) is 0 Å². The van der Waals surface area contributed by atoms with Crippen molar-refractivity contribution in [2.45, 2.75) is 68.3 Å². The molecule has 1 spiro atoms. The van der Waals surface area contributed by atoms with Crippen LogP contribution in [-0.4, -0.2) is 107 Å². The van der Waals surface area contributed by atoms with Crippen LogP contribution < -0.4 is 10.1 Å². The normalized spacial score (nSPS) is 36.8. The van der Waals surface area contributed by atoms with Crippen molar-refractivity contribution in [1.82, 2.24) is 4.90 Å². The van der Waals surface area contributed by atoms with Crippen molar-refractivity contribution < 1.29 is 53.8 Å². The van der Waals surface area contributed by atoms with Crippen molar-refractivity contribution in [3.8, 4) is 5.75 Å². The standard InChI is InChI=1S/C28H36N2O11/c1-4-13-11-30-8-7-28(19(30)10-15(13)16(12-38-2)25(36)39-3)17-6-5-14(9-18(17)29-27(28)37)40-26-22(33)20(31)21(32)23(41-26)24(34)35/h5-6,9,12-13,15,19-23,26,31-33H,4,7-8,10-11H2,1-3H3,(H,29,37)(H,34,35)/b16-12+/t13-,15-,19-,20-,21-,22+,23-,26+,28+/m0/s1. The summed E-state index contributed by atoms with van der Waals surface area (Å²) >= 11 is 0. The number of aliphatic hydroxyl groups is 3. The molecular formula is C28H36N2O11. The molecular weight excluding hydrogens is 540 g/mol. The van der Waals surface area contributed by atoms with Gasteiger partial charge in [-0.3, -0.25) is 9.69 Å². The number of aliphatic hydroxyl groups excluding tert-OH is 3. The molecule has 0 radical (unpaired) electrons. The van der Waals surface area contributed by atoms with E-state index in [1.807, 2.05) is 0 Å². The molecule has 1 aromatic rings. The summed E-state index contributed by atoms with van der Waals surface area (Å²) in [5.74, 6) is -1.97. The van der Waals surface area contributed by atoms with Crippen molar-refractivity contribution in [2.75, 3.05) is 32.6 Å². The number of fused-ring (bicyclic) bond motifs is 4. The lowest BCUT2D eigenvalue weighted by molar-refractivity contribution is -0.271. The number of hydrogen-bond acceptors (Lipinski definition) is 11. The number of amides is 1. The number of methoxy groups -OCH3 is 2. The molecule has 41 heavy (non-hydrogen) atoms. The van der Waals surface area contributed by atoms with E-state index in [2.05, 4.69) is 17.1 Å². The fourth-order valence-electron chi connectivity index (χ4n) is 7.02. The minimum atomic E-state index is -1.84. The molecule has 3 fully saturated rings. The highest BCUT2D eigenvalue weighted by Gasteiger charge is 2.60. The molecule has 3 saturated heterocycles. The first kappa shape index (κ1) is 29.3. The summed E-state index contributed by atoms with van der Waals surface area (Å²) in [6, 6.07) is 4.72. The van der Waals surface area contributed by atoms with Gasteiger partial charge in [-0.2, -0.15) is 0 Å². The zero-order valence-corrected chi connectivity index (χ0v) is 23.1. The van der Waals surface area contributed by atoms with Gasteiger partial charge in [0.15, 0.2) is 6.10 Å². The van der Waals surface area contributed by atoms with E-state index in [0.29, 0.717) is 37.2 Å². The number of benzene rings is 1. The van der Waals surface area contributed by atoms with Gasteiger partial charge < -0.3 is 44.7 Å². The van der Waals surface area contributed by atoms with Crippen LogP contribution in [0.3, 0.4) is 0 Å². The molecule has 4 heterocycles. The van der Waals surface area contributed by atoms with Crippen molar-refractivity contribution >= 4 is 23.5 Å². The third-order valence-corrected chi connectivity index (χ3v) is 9.10. The number of nitrogens with one attached hydrogen (secondary N) is 1. The first-order valence-electron chi connectivity index (χ1n) is 13.7. The summed E-state index contributed by atoms with van der Waals surface area (Å²) in [5.41, 5.74) is 0.860. The average molecular weight is 577 g/mol. The van der Waals surface area contributed by atoms with E-state index in [9.17, 15) is 34.8 Å². The smallest absolute Gasteiger partial charge is 0.337 e. The molecule has 0 aromatic heterocycles. The Bertz CT molecular complexity index is 1240. The molecule has 224 valence electrons. The molecule has 13 nitrogen and oxygen atoms in total. The molecule has 13 heteroatoms. The van der Waals surface area contributed by atoms with E-state index in [1.165, 1.54) is 20.5 Å². The summed E-state index contributed by atoms with van der Waals surface area (Å²) in [7, 11) is 2.82. The van der Waals surface area contributed by atoms with Crippen LogP contribution in [0.4, 0.5) is 5.69 Å². The number of hydrogen-bond donors (Lipinski definition) is 5. The Kier molecular flexibility index (Phi) is 8.01. The van der Waals surface area contributed by atoms with Crippen molar-refractivity contribution in [1.29, 1.82) is 0 Å². The van der Waals surface area contributed by atoms with Gasteiger partial charge in [0.1, 0.15) is 24.1 Å². The second-order valence-electron chi connectivity index (χ2n) is 11.1. The maximum atomic E-state index is 13.7. The van der Waals surface area contributed by atoms with Crippen LogP contribution in [0, 0.1) is 11.8 Å². The number of aliphatic carboxylic acids is 1. The van der Waals surface area contributed by atoms with Gasteiger partial charge in [0, 0.05) is 24.3 Å². The van der Waals surface area contributed by atoms with Crippen LogP contribution in [0.25, 0.3) is 0 Å². The Morgan fingerprint density at radius 2 is 1.95 bits per heavy atom. The number of anilines is 1. The quantitative estimate of drug-likeness (QED) is 0.166. The number of carboxylic acids is 1. The van der Waals surface area contributed by atoms with Crippen LogP contribution in [0.5, 0.6) is 5.75 Å². The van der Waals surface area contributed by atoms with E-state index in [1.54, 1.807) is 18.2 Å². The van der Waals surface area contributed by atoms with Gasteiger partial charge in [0.2, 0.25) is 12.2 Å². The van der Waals surface area contributed by atoms with Crippen LogP contribution in [-0.2, 0) is 34.0 Å². The Morgan fingerprint density at radius 3 is 2.61 bits per heavy atom. The van der Waals surface area contributed by atoms with Gasteiger partial charge in [-0.1, -0.05) is 19.4 Å². The second kappa shape index (κ2) is 11.2. The Balaban J connectivity index is 1.43. The van der Waals surface area contributed by atoms with Crippen LogP contribution in [0.15, 0.2) is 30.0 Å². The van der Waals surface area contributed by atoms with Gasteiger partial charge in [0.05, 0.1) is 31.5 Å². The third kappa shape index (κ3) is 4.75. The molecule has 1 aromatic carbocycles. The molecule has 9 atom stereocenters. The molecule has 0 saturated carbocycles. The molecule has 0 bridgehead atoms. The molecule has 5 rings (SSSR count). The second-order valence-corrected chi connectivity index (χ2v) is 11.1. The summed E-state index contributed by atoms with van der Waals surface area (Å²) in [4.78, 5) is 40.1. The lowest BCUT2D eigenvalue weighted by atomic mass is 9.67. The maximum absolute atomic E-state index is 13.7. The topological polar surface area (TPSA) is 184 Å². The SMILES string of the molecule is CC[C@H]1CN2CC[C@]3(C(=O)Nc4cc(O[C@@H]5O[C@H](C(=O)O)[C@@H](O)[C@H](O)[C@H]5O)ccc43)[C@@H]2C[C@@H]1/C(=C\OC)C(=O)OC. The van der Waals surface area contributed by atoms with Crippen molar-refractivity contribution in [2.24, 2.45) is 11.8 Å². The van der Waals surface area contributed by atoms with E-state index < -0.39 is 48.1 Å². The molecule has 5 N–H and O–H groups in total. The largest absolute Gasteiger partial charge is 0.504 e. The third-order valence-electron chi connectivity index (χ3n) is 9.10. The summed E-state index contributed by atoms with van der Waals surface area (Å²) in [6.07, 6.45) is -5.32. The van der Waals surface area contributed by atoms with Gasteiger partial charge in [-0.05, 0) is 42.9 Å². The highest BCUT2D eigenvalue weighted by Crippen LogP contribution is 2.53. The number of nitrogens with zero attached hydrogens (tertiary/aromatic N) is 1. The van der Waals surface area contributed by atoms with Crippen LogP contribution in [0.1, 0.15) is 31.7 Å². The Hall–Kier alpha value is -3.23. The fourth-order valence-corrected chi connectivity index (χ4v) is 7.02. The van der Waals surface area contributed by atoms with E-state index >= 15 is 0 Å². The maximum Gasteiger partial charge on any atom is 0.337 e. The van der Waals surface area contributed by atoms with Crippen LogP contribution >= 0.6 is 0 Å². The zero-order valence-electron chi connectivity index (χ0n) is 23.1. The lowest BCUT2D eigenvalue weighted by Crippen LogP contribution is -2.61. The van der Waals surface area contributed by atoms with Crippen molar-refractivity contribution in [3.63, 3.8) is 0 Å². The number of carbonyl (C=O) groups excluding carboxylic acids is 2. The minimum Gasteiger partial charge on any atom is -0.504 e. The Labute approximate surface area is 236 Å². The monoisotopic (exact) mass is 576 g/mol. The molecule has 1 amide bonds.